The van der Waals surface area contributed by atoms with Crippen LogP contribution in [0, 0.1) is 25.6 Å². The maximum atomic E-state index is 14.0. The SMILES string of the molecule is Cc1cc(C)c(C(O)C2CCC(F)(F)CC2)c(F)c1. The van der Waals surface area contributed by atoms with Gasteiger partial charge >= 0.3 is 0 Å². The summed E-state index contributed by atoms with van der Waals surface area (Å²) in [5.74, 6) is -3.35. The number of aliphatic hydroxyl groups is 1. The van der Waals surface area contributed by atoms with E-state index in [4.69, 9.17) is 0 Å². The van der Waals surface area contributed by atoms with Gasteiger partial charge in [0.2, 0.25) is 5.92 Å². The molecule has 1 fully saturated rings. The topological polar surface area (TPSA) is 20.2 Å². The van der Waals surface area contributed by atoms with Crippen LogP contribution in [-0.2, 0) is 0 Å². The van der Waals surface area contributed by atoms with E-state index < -0.39 is 17.8 Å². The summed E-state index contributed by atoms with van der Waals surface area (Å²) >= 11 is 0. The fourth-order valence-corrected chi connectivity index (χ4v) is 2.92. The Labute approximate surface area is 111 Å². The molecular weight excluding hydrogens is 253 g/mol. The highest BCUT2D eigenvalue weighted by molar-refractivity contribution is 5.34. The lowest BCUT2D eigenvalue weighted by atomic mass is 9.80. The number of halogens is 3. The number of benzene rings is 1. The molecule has 106 valence electrons. The van der Waals surface area contributed by atoms with Crippen LogP contribution in [0.3, 0.4) is 0 Å². The van der Waals surface area contributed by atoms with Gasteiger partial charge in [0.1, 0.15) is 5.82 Å². The third-order valence-corrected chi connectivity index (χ3v) is 3.98. The second-order valence-corrected chi connectivity index (χ2v) is 5.62. The molecule has 1 unspecified atom stereocenters. The maximum Gasteiger partial charge on any atom is 0.248 e. The number of alkyl halides is 2. The average Bonchev–Trinajstić information content (AvgIpc) is 2.27. The Kier molecular flexibility index (Phi) is 3.90. The van der Waals surface area contributed by atoms with Gasteiger partial charge in [0.05, 0.1) is 6.10 Å². The van der Waals surface area contributed by atoms with E-state index in [1.165, 1.54) is 6.07 Å². The second-order valence-electron chi connectivity index (χ2n) is 5.62. The molecule has 0 spiro atoms. The van der Waals surface area contributed by atoms with E-state index in [1.807, 2.05) is 0 Å². The molecule has 0 saturated heterocycles. The number of hydrogen-bond acceptors (Lipinski definition) is 1. The minimum Gasteiger partial charge on any atom is -0.388 e. The molecule has 0 amide bonds. The van der Waals surface area contributed by atoms with Crippen molar-refractivity contribution in [2.75, 3.05) is 0 Å². The molecule has 19 heavy (non-hydrogen) atoms. The summed E-state index contributed by atoms with van der Waals surface area (Å²) < 4.78 is 40.2. The van der Waals surface area contributed by atoms with Crippen LogP contribution < -0.4 is 0 Å². The Morgan fingerprint density at radius 1 is 1.21 bits per heavy atom. The van der Waals surface area contributed by atoms with E-state index in [9.17, 15) is 18.3 Å². The summed E-state index contributed by atoms with van der Waals surface area (Å²) in [7, 11) is 0. The molecule has 1 aliphatic rings. The first-order chi connectivity index (χ1) is 8.80. The number of rotatable bonds is 2. The van der Waals surface area contributed by atoms with Crippen molar-refractivity contribution < 1.29 is 18.3 Å². The highest BCUT2D eigenvalue weighted by Gasteiger charge is 2.38. The first-order valence-electron chi connectivity index (χ1n) is 6.63. The molecule has 0 radical (unpaired) electrons. The van der Waals surface area contributed by atoms with Crippen LogP contribution in [0.4, 0.5) is 13.2 Å². The van der Waals surface area contributed by atoms with Crippen molar-refractivity contribution in [2.45, 2.75) is 51.6 Å². The van der Waals surface area contributed by atoms with Gasteiger partial charge in [0.25, 0.3) is 0 Å². The molecule has 0 aliphatic heterocycles. The molecule has 1 aromatic carbocycles. The first kappa shape index (κ1) is 14.4. The first-order valence-corrected chi connectivity index (χ1v) is 6.63. The monoisotopic (exact) mass is 272 g/mol. The van der Waals surface area contributed by atoms with Crippen LogP contribution in [0.15, 0.2) is 12.1 Å². The Morgan fingerprint density at radius 2 is 1.79 bits per heavy atom. The van der Waals surface area contributed by atoms with Crippen molar-refractivity contribution in [1.29, 1.82) is 0 Å². The number of aryl methyl sites for hydroxylation is 2. The summed E-state index contributed by atoms with van der Waals surface area (Å²) in [6.07, 6.45) is -0.957. The van der Waals surface area contributed by atoms with Crippen LogP contribution in [0.5, 0.6) is 0 Å². The fraction of sp³-hybridized carbons (Fsp3) is 0.600. The zero-order chi connectivity index (χ0) is 14.2. The van der Waals surface area contributed by atoms with Crippen LogP contribution >= 0.6 is 0 Å². The lowest BCUT2D eigenvalue weighted by molar-refractivity contribution is -0.0631. The molecular formula is C15H19F3O. The standard InChI is InChI=1S/C15H19F3O/c1-9-7-10(2)13(12(16)8-9)14(19)11-3-5-15(17,18)6-4-11/h7-8,11,14,19H,3-6H2,1-2H3. The maximum absolute atomic E-state index is 14.0. The Balaban J connectivity index is 2.19. The fourth-order valence-electron chi connectivity index (χ4n) is 2.92. The molecule has 1 aliphatic carbocycles. The summed E-state index contributed by atoms with van der Waals surface area (Å²) in [5.41, 5.74) is 1.74. The summed E-state index contributed by atoms with van der Waals surface area (Å²) in [4.78, 5) is 0. The number of aliphatic hydroxyl groups excluding tert-OH is 1. The molecule has 0 bridgehead atoms. The van der Waals surface area contributed by atoms with Crippen molar-refractivity contribution in [3.63, 3.8) is 0 Å². The Hall–Kier alpha value is -1.03. The van der Waals surface area contributed by atoms with Crippen LogP contribution in [0.2, 0.25) is 0 Å². The molecule has 4 heteroatoms. The lowest BCUT2D eigenvalue weighted by Crippen LogP contribution is -2.28. The highest BCUT2D eigenvalue weighted by atomic mass is 19.3. The minimum atomic E-state index is -2.63. The van der Waals surface area contributed by atoms with Gasteiger partial charge in [-0.15, -0.1) is 0 Å². The van der Waals surface area contributed by atoms with Gasteiger partial charge in [-0.2, -0.15) is 0 Å². The predicted octanol–water partition coefficient (Wildman–Crippen LogP) is 4.30. The van der Waals surface area contributed by atoms with E-state index in [2.05, 4.69) is 0 Å². The lowest BCUT2D eigenvalue weighted by Gasteiger charge is -2.32. The zero-order valence-electron chi connectivity index (χ0n) is 11.2. The summed E-state index contributed by atoms with van der Waals surface area (Å²) in [5, 5.41) is 10.3. The van der Waals surface area contributed by atoms with Crippen molar-refractivity contribution in [2.24, 2.45) is 5.92 Å². The molecule has 1 nitrogen and oxygen atoms in total. The summed E-state index contributed by atoms with van der Waals surface area (Å²) in [6, 6.07) is 3.18. The largest absolute Gasteiger partial charge is 0.388 e. The van der Waals surface area contributed by atoms with Gasteiger partial charge < -0.3 is 5.11 Å². The molecule has 0 heterocycles. The molecule has 0 aromatic heterocycles. The van der Waals surface area contributed by atoms with Gasteiger partial charge in [-0.1, -0.05) is 6.07 Å². The van der Waals surface area contributed by atoms with Crippen molar-refractivity contribution in [1.82, 2.24) is 0 Å². The second kappa shape index (κ2) is 5.16. The van der Waals surface area contributed by atoms with E-state index in [0.29, 0.717) is 5.56 Å². The Morgan fingerprint density at radius 3 is 2.32 bits per heavy atom. The molecule has 1 saturated carbocycles. The quantitative estimate of drug-likeness (QED) is 0.851. The van der Waals surface area contributed by atoms with Crippen LogP contribution in [-0.4, -0.2) is 11.0 Å². The number of hydrogen-bond donors (Lipinski definition) is 1. The van der Waals surface area contributed by atoms with Gasteiger partial charge in [-0.3, -0.25) is 0 Å². The highest BCUT2D eigenvalue weighted by Crippen LogP contribution is 2.42. The molecule has 1 atom stereocenters. The average molecular weight is 272 g/mol. The molecule has 1 N–H and O–H groups in total. The normalized spacial score (nSPS) is 21.4. The van der Waals surface area contributed by atoms with Gasteiger partial charge in [0, 0.05) is 18.4 Å². The predicted molar refractivity (Wildman–Crippen MR) is 67.7 cm³/mol. The third kappa shape index (κ3) is 3.11. The van der Waals surface area contributed by atoms with E-state index in [1.54, 1.807) is 19.9 Å². The van der Waals surface area contributed by atoms with Crippen molar-refractivity contribution >= 4 is 0 Å². The Bertz CT molecular complexity index is 437. The van der Waals surface area contributed by atoms with Crippen LogP contribution in [0.25, 0.3) is 0 Å². The van der Waals surface area contributed by atoms with Gasteiger partial charge in [0.15, 0.2) is 0 Å². The smallest absolute Gasteiger partial charge is 0.248 e. The van der Waals surface area contributed by atoms with Gasteiger partial charge in [-0.05, 0) is 49.8 Å². The van der Waals surface area contributed by atoms with Crippen molar-refractivity contribution in [3.05, 3.63) is 34.6 Å². The summed E-state index contributed by atoms with van der Waals surface area (Å²) in [6.45, 7) is 3.53. The minimum absolute atomic E-state index is 0.221. The van der Waals surface area contributed by atoms with Gasteiger partial charge in [-0.25, -0.2) is 13.2 Å². The molecule has 2 rings (SSSR count). The zero-order valence-corrected chi connectivity index (χ0v) is 11.2. The van der Waals surface area contributed by atoms with E-state index >= 15 is 0 Å². The molecule has 1 aromatic rings. The third-order valence-electron chi connectivity index (χ3n) is 3.98. The van der Waals surface area contributed by atoms with Crippen molar-refractivity contribution in [3.8, 4) is 0 Å². The van der Waals surface area contributed by atoms with E-state index in [-0.39, 0.29) is 37.2 Å². The van der Waals surface area contributed by atoms with E-state index in [0.717, 1.165) is 5.56 Å². The van der Waals surface area contributed by atoms with Crippen LogP contribution in [0.1, 0.15) is 48.5 Å².